The minimum absolute atomic E-state index is 0.247. The highest BCUT2D eigenvalue weighted by Crippen LogP contribution is 2.27. The first-order valence-corrected chi connectivity index (χ1v) is 10.2. The van der Waals surface area contributed by atoms with Gasteiger partial charge in [-0.15, -0.1) is 0 Å². The van der Waals surface area contributed by atoms with E-state index in [2.05, 4.69) is 10.5 Å². The third-order valence-electron chi connectivity index (χ3n) is 4.80. The highest BCUT2D eigenvalue weighted by Gasteiger charge is 2.09. The van der Waals surface area contributed by atoms with E-state index in [4.69, 9.17) is 9.47 Å². The normalized spacial score (nSPS) is 11.0. The molecule has 7 heteroatoms. The molecule has 166 valence electrons. The number of hydrogen-bond acceptors (Lipinski definition) is 4. The molecule has 33 heavy (non-hydrogen) atoms. The standard InChI is InChI=1S/C26H20F2N2O3/c27-20-8-5-18(6-9-20)16-33-25-14-7-19-3-1-2-4-23(19)24(25)15-29-30-26(31)17-32-22-12-10-21(28)11-13-22/h1-15H,16-17H2,(H,30,31). The van der Waals surface area contributed by atoms with Crippen LogP contribution in [0.2, 0.25) is 0 Å². The Labute approximate surface area is 189 Å². The molecule has 0 saturated heterocycles. The van der Waals surface area contributed by atoms with Crippen LogP contribution in [0.1, 0.15) is 11.1 Å². The molecule has 1 N–H and O–H groups in total. The Kier molecular flexibility index (Phi) is 6.90. The first-order valence-electron chi connectivity index (χ1n) is 10.2. The van der Waals surface area contributed by atoms with Crippen molar-refractivity contribution < 1.29 is 23.0 Å². The molecular formula is C26H20F2N2O3. The number of carbonyl (C=O) groups excluding carboxylic acids is 1. The molecule has 0 bridgehead atoms. The van der Waals surface area contributed by atoms with Gasteiger partial charge in [0.1, 0.15) is 29.7 Å². The Morgan fingerprint density at radius 1 is 0.848 bits per heavy atom. The average molecular weight is 446 g/mol. The van der Waals surface area contributed by atoms with Gasteiger partial charge in [-0.2, -0.15) is 5.10 Å². The highest BCUT2D eigenvalue weighted by atomic mass is 19.1. The molecular weight excluding hydrogens is 426 g/mol. The lowest BCUT2D eigenvalue weighted by Gasteiger charge is -2.12. The lowest BCUT2D eigenvalue weighted by atomic mass is 10.0. The highest BCUT2D eigenvalue weighted by molar-refractivity contribution is 6.02. The number of amides is 1. The van der Waals surface area contributed by atoms with Crippen molar-refractivity contribution >= 4 is 22.9 Å². The van der Waals surface area contributed by atoms with E-state index in [1.807, 2.05) is 36.4 Å². The summed E-state index contributed by atoms with van der Waals surface area (Å²) in [7, 11) is 0. The summed E-state index contributed by atoms with van der Waals surface area (Å²) in [5.41, 5.74) is 3.93. The molecule has 4 aromatic carbocycles. The summed E-state index contributed by atoms with van der Waals surface area (Å²) in [4.78, 5) is 12.1. The zero-order valence-electron chi connectivity index (χ0n) is 17.5. The van der Waals surface area contributed by atoms with Crippen LogP contribution in [-0.2, 0) is 11.4 Å². The van der Waals surface area contributed by atoms with Gasteiger partial charge in [0.15, 0.2) is 6.61 Å². The van der Waals surface area contributed by atoms with Crippen LogP contribution < -0.4 is 14.9 Å². The van der Waals surface area contributed by atoms with E-state index in [1.54, 1.807) is 12.1 Å². The Balaban J connectivity index is 1.45. The number of ether oxygens (including phenoxy) is 2. The SMILES string of the molecule is O=C(COc1ccc(F)cc1)NN=Cc1c(OCc2ccc(F)cc2)ccc2ccccc12. The van der Waals surface area contributed by atoms with Crippen LogP contribution in [0.3, 0.4) is 0 Å². The number of hydrazone groups is 1. The maximum Gasteiger partial charge on any atom is 0.277 e. The van der Waals surface area contributed by atoms with Gasteiger partial charge in [0.25, 0.3) is 5.91 Å². The smallest absolute Gasteiger partial charge is 0.277 e. The molecule has 5 nitrogen and oxygen atoms in total. The number of rotatable bonds is 8. The number of halogens is 2. The molecule has 0 aromatic heterocycles. The lowest BCUT2D eigenvalue weighted by Crippen LogP contribution is -2.24. The summed E-state index contributed by atoms with van der Waals surface area (Å²) in [5, 5.41) is 5.93. The van der Waals surface area contributed by atoms with Crippen LogP contribution in [0.4, 0.5) is 8.78 Å². The average Bonchev–Trinajstić information content (AvgIpc) is 2.84. The fourth-order valence-corrected chi connectivity index (χ4v) is 3.16. The van der Waals surface area contributed by atoms with E-state index < -0.39 is 5.91 Å². The van der Waals surface area contributed by atoms with Crippen molar-refractivity contribution in [1.82, 2.24) is 5.43 Å². The first kappa shape index (κ1) is 22.0. The van der Waals surface area contributed by atoms with Crippen LogP contribution in [0, 0.1) is 11.6 Å². The molecule has 0 spiro atoms. The zero-order valence-corrected chi connectivity index (χ0v) is 17.5. The van der Waals surface area contributed by atoms with Gasteiger partial charge in [0.05, 0.1) is 6.21 Å². The van der Waals surface area contributed by atoms with Gasteiger partial charge in [0, 0.05) is 5.56 Å². The van der Waals surface area contributed by atoms with E-state index >= 15 is 0 Å². The second kappa shape index (κ2) is 10.4. The van der Waals surface area contributed by atoms with Crippen molar-refractivity contribution in [3.8, 4) is 11.5 Å². The molecule has 0 aliphatic carbocycles. The Morgan fingerprint density at radius 3 is 2.30 bits per heavy atom. The molecule has 0 fully saturated rings. The first-order chi connectivity index (χ1) is 16.1. The summed E-state index contributed by atoms with van der Waals surface area (Å²) in [6, 6.07) is 22.9. The van der Waals surface area contributed by atoms with Crippen molar-refractivity contribution in [1.29, 1.82) is 0 Å². The van der Waals surface area contributed by atoms with Crippen molar-refractivity contribution in [2.45, 2.75) is 6.61 Å². The molecule has 4 rings (SSSR count). The maximum absolute atomic E-state index is 13.1. The predicted molar refractivity (Wildman–Crippen MR) is 122 cm³/mol. The predicted octanol–water partition coefficient (Wildman–Crippen LogP) is 5.23. The molecule has 0 aliphatic rings. The molecule has 4 aromatic rings. The van der Waals surface area contributed by atoms with Gasteiger partial charge >= 0.3 is 0 Å². The van der Waals surface area contributed by atoms with E-state index in [9.17, 15) is 13.6 Å². The van der Waals surface area contributed by atoms with Crippen LogP contribution in [0.25, 0.3) is 10.8 Å². The minimum atomic E-state index is -0.468. The Bertz CT molecular complexity index is 1270. The molecule has 0 heterocycles. The van der Waals surface area contributed by atoms with Crippen molar-refractivity contribution in [2.75, 3.05) is 6.61 Å². The molecule has 0 radical (unpaired) electrons. The van der Waals surface area contributed by atoms with Gasteiger partial charge in [-0.25, -0.2) is 14.2 Å². The molecule has 0 unspecified atom stereocenters. The number of hydrogen-bond donors (Lipinski definition) is 1. The van der Waals surface area contributed by atoms with Gasteiger partial charge < -0.3 is 9.47 Å². The second-order valence-corrected chi connectivity index (χ2v) is 7.15. The van der Waals surface area contributed by atoms with Crippen molar-refractivity contribution in [2.24, 2.45) is 5.10 Å². The summed E-state index contributed by atoms with van der Waals surface area (Å²) in [6.07, 6.45) is 1.51. The molecule has 0 atom stereocenters. The zero-order chi connectivity index (χ0) is 23.0. The van der Waals surface area contributed by atoms with Crippen LogP contribution in [0.15, 0.2) is 90.0 Å². The largest absolute Gasteiger partial charge is 0.488 e. The van der Waals surface area contributed by atoms with Crippen LogP contribution in [0.5, 0.6) is 11.5 Å². The summed E-state index contributed by atoms with van der Waals surface area (Å²) < 4.78 is 37.4. The summed E-state index contributed by atoms with van der Waals surface area (Å²) >= 11 is 0. The number of nitrogens with zero attached hydrogens (tertiary/aromatic N) is 1. The monoisotopic (exact) mass is 446 g/mol. The third kappa shape index (κ3) is 5.92. The van der Waals surface area contributed by atoms with E-state index in [0.717, 1.165) is 16.3 Å². The third-order valence-corrected chi connectivity index (χ3v) is 4.80. The minimum Gasteiger partial charge on any atom is -0.488 e. The number of nitrogens with one attached hydrogen (secondary N) is 1. The quantitative estimate of drug-likeness (QED) is 0.298. The number of benzene rings is 4. The van der Waals surface area contributed by atoms with E-state index in [0.29, 0.717) is 17.1 Å². The maximum atomic E-state index is 13.1. The van der Waals surface area contributed by atoms with E-state index in [1.165, 1.54) is 42.6 Å². The summed E-state index contributed by atoms with van der Waals surface area (Å²) in [5.74, 6) is -0.218. The molecule has 0 saturated carbocycles. The van der Waals surface area contributed by atoms with Crippen LogP contribution >= 0.6 is 0 Å². The van der Waals surface area contributed by atoms with Gasteiger partial charge in [-0.1, -0.05) is 42.5 Å². The van der Waals surface area contributed by atoms with Gasteiger partial charge in [-0.05, 0) is 58.8 Å². The van der Waals surface area contributed by atoms with Crippen LogP contribution in [-0.4, -0.2) is 18.7 Å². The number of fused-ring (bicyclic) bond motifs is 1. The second-order valence-electron chi connectivity index (χ2n) is 7.15. The van der Waals surface area contributed by atoms with Crippen molar-refractivity contribution in [3.63, 3.8) is 0 Å². The Morgan fingerprint density at radius 2 is 1.55 bits per heavy atom. The van der Waals surface area contributed by atoms with Gasteiger partial charge in [-0.3, -0.25) is 4.79 Å². The van der Waals surface area contributed by atoms with Gasteiger partial charge in [0.2, 0.25) is 0 Å². The van der Waals surface area contributed by atoms with E-state index in [-0.39, 0.29) is 24.8 Å². The fourth-order valence-electron chi connectivity index (χ4n) is 3.16. The Hall–Kier alpha value is -4.26. The lowest BCUT2D eigenvalue weighted by molar-refractivity contribution is -0.123. The molecule has 1 amide bonds. The number of carbonyl (C=O) groups is 1. The fraction of sp³-hybridized carbons (Fsp3) is 0.0769. The topological polar surface area (TPSA) is 59.9 Å². The molecule has 0 aliphatic heterocycles. The van der Waals surface area contributed by atoms with Crippen molar-refractivity contribution in [3.05, 3.63) is 108 Å². The summed E-state index contributed by atoms with van der Waals surface area (Å²) in [6.45, 7) is -0.0240.